The van der Waals surface area contributed by atoms with E-state index in [4.69, 9.17) is 5.11 Å². The number of hydrogen-bond acceptors (Lipinski definition) is 2. The molecule has 0 unspecified atom stereocenters. The molecule has 1 aliphatic rings. The van der Waals surface area contributed by atoms with E-state index >= 15 is 0 Å². The van der Waals surface area contributed by atoms with E-state index in [2.05, 4.69) is 86.5 Å². The van der Waals surface area contributed by atoms with E-state index in [1.165, 1.54) is 24.0 Å². The summed E-state index contributed by atoms with van der Waals surface area (Å²) in [4.78, 5) is 2.67. The van der Waals surface area contributed by atoms with Crippen molar-refractivity contribution in [1.29, 1.82) is 0 Å². The topological polar surface area (TPSA) is 23.5 Å². The summed E-state index contributed by atoms with van der Waals surface area (Å²) in [5.74, 6) is 1.63. The van der Waals surface area contributed by atoms with Gasteiger partial charge in [0.25, 0.3) is 0 Å². The number of hydrogen-bond donors (Lipinski definition) is 1. The third-order valence-corrected chi connectivity index (χ3v) is 6.37. The van der Waals surface area contributed by atoms with Crippen LogP contribution in [0.2, 0.25) is 0 Å². The number of aliphatic hydroxyl groups is 1. The Hall–Kier alpha value is -1.64. The minimum atomic E-state index is 0.309. The number of unbranched alkanes of at least 4 members (excludes halogenated alkanes) is 2. The van der Waals surface area contributed by atoms with E-state index in [1.807, 2.05) is 0 Å². The molecule has 0 radical (unpaired) electrons. The van der Waals surface area contributed by atoms with Crippen molar-refractivity contribution >= 4 is 0 Å². The Labute approximate surface area is 165 Å². The average molecular weight is 366 g/mol. The Morgan fingerprint density at radius 3 is 1.89 bits per heavy atom. The average Bonchev–Trinajstić information content (AvgIpc) is 2.99. The van der Waals surface area contributed by atoms with Crippen LogP contribution in [0.3, 0.4) is 0 Å². The molecule has 4 atom stereocenters. The van der Waals surface area contributed by atoms with Gasteiger partial charge in [-0.2, -0.15) is 0 Å². The molecular weight excluding hydrogens is 330 g/mol. The van der Waals surface area contributed by atoms with Gasteiger partial charge in [0.15, 0.2) is 0 Å². The molecule has 2 aromatic rings. The van der Waals surface area contributed by atoms with Crippen molar-refractivity contribution in [1.82, 2.24) is 4.90 Å². The van der Waals surface area contributed by atoms with E-state index in [0.29, 0.717) is 36.4 Å². The molecule has 0 spiro atoms. The summed E-state index contributed by atoms with van der Waals surface area (Å²) in [6.45, 7) is 5.05. The first-order valence-corrected chi connectivity index (χ1v) is 10.6. The lowest BCUT2D eigenvalue weighted by Crippen LogP contribution is -2.37. The fraction of sp³-hybridized carbons (Fsp3) is 0.520. The highest BCUT2D eigenvalue weighted by atomic mass is 16.2. The van der Waals surface area contributed by atoms with Crippen molar-refractivity contribution in [2.75, 3.05) is 13.7 Å². The molecule has 1 heterocycles. The van der Waals surface area contributed by atoms with Crippen molar-refractivity contribution < 1.29 is 5.11 Å². The summed E-state index contributed by atoms with van der Waals surface area (Å²) in [6, 6.07) is 23.3. The van der Waals surface area contributed by atoms with Crippen LogP contribution >= 0.6 is 0 Å². The van der Waals surface area contributed by atoms with Crippen LogP contribution in [-0.4, -0.2) is 35.7 Å². The summed E-state index contributed by atoms with van der Waals surface area (Å²) < 4.78 is 0. The van der Waals surface area contributed by atoms with Crippen molar-refractivity contribution in [3.05, 3.63) is 71.8 Å². The van der Waals surface area contributed by atoms with Crippen molar-refractivity contribution in [2.24, 2.45) is 5.92 Å². The van der Waals surface area contributed by atoms with Crippen LogP contribution in [0.4, 0.5) is 0 Å². The lowest BCUT2D eigenvalue weighted by atomic mass is 9.74. The fourth-order valence-corrected chi connectivity index (χ4v) is 5.27. The van der Waals surface area contributed by atoms with Gasteiger partial charge in [-0.25, -0.2) is 0 Å². The molecule has 0 aromatic heterocycles. The maximum Gasteiger partial charge on any atom is 0.0431 e. The third-order valence-electron chi connectivity index (χ3n) is 6.37. The molecule has 2 nitrogen and oxygen atoms in total. The molecule has 146 valence electrons. The number of rotatable bonds is 8. The highest BCUT2D eigenvalue weighted by Gasteiger charge is 2.48. The summed E-state index contributed by atoms with van der Waals surface area (Å²) in [5, 5.41) is 9.14. The lowest BCUT2D eigenvalue weighted by molar-refractivity contribution is 0.180. The zero-order valence-corrected chi connectivity index (χ0v) is 17.1. The Bertz CT molecular complexity index is 669. The van der Waals surface area contributed by atoms with Gasteiger partial charge >= 0.3 is 0 Å². The number of aliphatic hydroxyl groups excluding tert-OH is 1. The van der Waals surface area contributed by atoms with Gasteiger partial charge in [0, 0.05) is 30.5 Å². The predicted octanol–water partition coefficient (Wildman–Crippen LogP) is 5.45. The summed E-state index contributed by atoms with van der Waals surface area (Å²) >= 11 is 0. The maximum atomic E-state index is 9.14. The molecule has 2 heteroatoms. The van der Waals surface area contributed by atoms with Crippen molar-refractivity contribution in [3.8, 4) is 0 Å². The lowest BCUT2D eigenvalue weighted by Gasteiger charge is -2.31. The smallest absolute Gasteiger partial charge is 0.0431 e. The van der Waals surface area contributed by atoms with E-state index in [0.717, 1.165) is 12.8 Å². The Balaban J connectivity index is 1.98. The molecule has 0 bridgehead atoms. The molecule has 3 rings (SSSR count). The zero-order valence-electron chi connectivity index (χ0n) is 17.1. The molecular formula is C25H35NO. The van der Waals surface area contributed by atoms with Gasteiger partial charge in [0.05, 0.1) is 0 Å². The number of likely N-dealkylation sites (N-methyl/N-ethyl adjacent to an activating group) is 1. The number of nitrogens with zero attached hydrogens (tertiary/aromatic N) is 1. The number of likely N-dealkylation sites (tertiary alicyclic amines) is 1. The van der Waals surface area contributed by atoms with Crippen LogP contribution in [-0.2, 0) is 0 Å². The molecule has 0 amide bonds. The van der Waals surface area contributed by atoms with Gasteiger partial charge < -0.3 is 5.11 Å². The van der Waals surface area contributed by atoms with Crippen LogP contribution in [0, 0.1) is 5.92 Å². The molecule has 0 saturated carbocycles. The van der Waals surface area contributed by atoms with Crippen molar-refractivity contribution in [3.63, 3.8) is 0 Å². The highest BCUT2D eigenvalue weighted by molar-refractivity contribution is 5.35. The molecule has 1 saturated heterocycles. The normalized spacial score (nSPS) is 26.0. The second kappa shape index (κ2) is 9.52. The van der Waals surface area contributed by atoms with Gasteiger partial charge in [-0.1, -0.05) is 87.4 Å². The highest BCUT2D eigenvalue weighted by Crippen LogP contribution is 2.50. The van der Waals surface area contributed by atoms with Crippen LogP contribution in [0.15, 0.2) is 60.7 Å². The van der Waals surface area contributed by atoms with Gasteiger partial charge in [-0.3, -0.25) is 4.90 Å². The molecule has 1 N–H and O–H groups in total. The Morgan fingerprint density at radius 1 is 0.815 bits per heavy atom. The molecule has 27 heavy (non-hydrogen) atoms. The Morgan fingerprint density at radius 2 is 1.37 bits per heavy atom. The van der Waals surface area contributed by atoms with Gasteiger partial charge in [-0.05, 0) is 36.9 Å². The minimum Gasteiger partial charge on any atom is -0.396 e. The molecule has 1 fully saturated rings. The Kier molecular flexibility index (Phi) is 7.09. The third kappa shape index (κ3) is 4.44. The summed E-state index contributed by atoms with van der Waals surface area (Å²) in [6.07, 6.45) is 4.42. The van der Waals surface area contributed by atoms with Gasteiger partial charge in [0.1, 0.15) is 0 Å². The first-order valence-electron chi connectivity index (χ1n) is 10.6. The number of benzene rings is 2. The molecule has 2 aromatic carbocycles. The fourth-order valence-electron chi connectivity index (χ4n) is 5.27. The quantitative estimate of drug-likeness (QED) is 0.629. The van der Waals surface area contributed by atoms with Crippen LogP contribution in [0.1, 0.15) is 62.5 Å². The van der Waals surface area contributed by atoms with Crippen molar-refractivity contribution in [2.45, 2.75) is 63.5 Å². The predicted molar refractivity (Wildman–Crippen MR) is 114 cm³/mol. The minimum absolute atomic E-state index is 0.309. The second-order valence-electron chi connectivity index (χ2n) is 8.41. The van der Waals surface area contributed by atoms with Gasteiger partial charge in [0.2, 0.25) is 0 Å². The van der Waals surface area contributed by atoms with E-state index in [-0.39, 0.29) is 0 Å². The van der Waals surface area contributed by atoms with Crippen LogP contribution < -0.4 is 0 Å². The monoisotopic (exact) mass is 365 g/mol. The SMILES string of the molecule is CC(C)[C@@H]1[C@H](c2ccccc2)[C@@H](c2ccccc2)[C@H](CCCCCO)N1C. The second-order valence-corrected chi connectivity index (χ2v) is 8.41. The first kappa shape index (κ1) is 20.1. The first-order chi connectivity index (χ1) is 13.1. The van der Waals surface area contributed by atoms with Crippen LogP contribution in [0.25, 0.3) is 0 Å². The van der Waals surface area contributed by atoms with E-state index in [9.17, 15) is 0 Å². The van der Waals surface area contributed by atoms with E-state index in [1.54, 1.807) is 0 Å². The molecule has 0 aliphatic carbocycles. The van der Waals surface area contributed by atoms with Crippen LogP contribution in [0.5, 0.6) is 0 Å². The summed E-state index contributed by atoms with van der Waals surface area (Å²) in [7, 11) is 2.33. The summed E-state index contributed by atoms with van der Waals surface area (Å²) in [5.41, 5.74) is 2.93. The molecule has 1 aliphatic heterocycles. The zero-order chi connectivity index (χ0) is 19.2. The van der Waals surface area contributed by atoms with Gasteiger partial charge in [-0.15, -0.1) is 0 Å². The largest absolute Gasteiger partial charge is 0.396 e. The maximum absolute atomic E-state index is 9.14. The van der Waals surface area contributed by atoms with E-state index < -0.39 is 0 Å². The standard InChI is InChI=1S/C25H35NO/c1-19(2)25-24(21-15-9-5-10-16-21)23(20-13-7-4-8-14-20)22(26(25)3)17-11-6-12-18-27/h4-5,7-10,13-16,19,22-25,27H,6,11-12,17-18H2,1-3H3/t22-,23-,24+,25+/m0/s1.